The molecule has 3 nitrogen and oxygen atoms in total. The lowest BCUT2D eigenvalue weighted by atomic mass is 10.4. The Bertz CT molecular complexity index is 401. The molecule has 1 heterocycles. The second kappa shape index (κ2) is 8.62. The van der Waals surface area contributed by atoms with Crippen LogP contribution in [0.25, 0.3) is 0 Å². The Kier molecular flexibility index (Phi) is 8.35. The molecule has 1 aromatic rings. The fraction of sp³-hybridized carbons (Fsp3) is 0.300. The highest BCUT2D eigenvalue weighted by atomic mass is 79.9. The Balaban J connectivity index is 0.00000225. The van der Waals surface area contributed by atoms with Crippen LogP contribution in [-0.2, 0) is 0 Å². The third-order valence-electron chi connectivity index (χ3n) is 1.66. The van der Waals surface area contributed by atoms with Gasteiger partial charge in [-0.15, -0.1) is 0 Å². The van der Waals surface area contributed by atoms with E-state index in [1.54, 1.807) is 11.8 Å². The lowest BCUT2D eigenvalue weighted by molar-refractivity contribution is -0.684. The predicted octanol–water partition coefficient (Wildman–Crippen LogP) is -0.975. The summed E-state index contributed by atoms with van der Waals surface area (Å²) in [5, 5.41) is 12.9. The van der Waals surface area contributed by atoms with Crippen LogP contribution in [0, 0.1) is 18.3 Å². The molecule has 0 unspecified atom stereocenters. The van der Waals surface area contributed by atoms with E-state index >= 15 is 0 Å². The highest BCUT2D eigenvalue weighted by Crippen LogP contribution is 2.12. The van der Waals surface area contributed by atoms with Gasteiger partial charge in [0.1, 0.15) is 0 Å². The molecule has 0 atom stereocenters. The number of pyridine rings is 1. The molecule has 0 bridgehead atoms. The zero-order valence-corrected chi connectivity index (χ0v) is 12.3. The summed E-state index contributed by atoms with van der Waals surface area (Å²) < 4.78 is 2.71. The van der Waals surface area contributed by atoms with Crippen molar-refractivity contribution in [1.29, 1.82) is 5.26 Å². The van der Waals surface area contributed by atoms with Crippen molar-refractivity contribution in [3.8, 4) is 6.07 Å². The minimum atomic E-state index is 0. The van der Waals surface area contributed by atoms with Crippen LogP contribution in [0.5, 0.6) is 0 Å². The maximum absolute atomic E-state index is 8.49. The molecular weight excluding hydrogens is 306 g/mol. The van der Waals surface area contributed by atoms with Gasteiger partial charge < -0.3 is 17.0 Å². The quantitative estimate of drug-likeness (QED) is 0.400. The Morgan fingerprint density at radius 2 is 2.31 bits per heavy atom. The van der Waals surface area contributed by atoms with E-state index in [0.29, 0.717) is 5.75 Å². The monoisotopic (exact) mass is 317 g/mol. The van der Waals surface area contributed by atoms with E-state index in [2.05, 4.69) is 11.2 Å². The first-order chi connectivity index (χ1) is 7.27. The molecular formula is C10H12BrN3S2. The number of aryl methyl sites for hydroxylation is 1. The number of nitrogens with zero attached hydrogens (tertiary/aromatic N) is 3. The van der Waals surface area contributed by atoms with Crippen LogP contribution < -0.4 is 21.7 Å². The molecule has 86 valence electrons. The van der Waals surface area contributed by atoms with Crippen molar-refractivity contribution >= 4 is 27.9 Å². The summed E-state index contributed by atoms with van der Waals surface area (Å²) in [5.74, 6) is 0.437. The summed E-state index contributed by atoms with van der Waals surface area (Å²) in [6, 6.07) is 8.00. The summed E-state index contributed by atoms with van der Waals surface area (Å²) >= 11 is 3.01. The van der Waals surface area contributed by atoms with Gasteiger partial charge in [-0.2, -0.15) is 5.26 Å². The third kappa shape index (κ3) is 5.01. The van der Waals surface area contributed by atoms with Gasteiger partial charge in [-0.25, -0.2) is 0 Å². The SMILES string of the molecule is CS/C(=N\[n+]1ccccc1C)SCC#N.[Br-]. The van der Waals surface area contributed by atoms with Gasteiger partial charge in [0.15, 0.2) is 4.38 Å². The van der Waals surface area contributed by atoms with Crippen LogP contribution in [0.2, 0.25) is 0 Å². The maximum Gasteiger partial charge on any atom is 0.211 e. The van der Waals surface area contributed by atoms with E-state index in [1.807, 2.05) is 42.3 Å². The second-order valence-electron chi connectivity index (χ2n) is 2.70. The number of hydrogen-bond acceptors (Lipinski definition) is 4. The average Bonchev–Trinajstić information content (AvgIpc) is 2.26. The van der Waals surface area contributed by atoms with E-state index < -0.39 is 0 Å². The highest BCUT2D eigenvalue weighted by Gasteiger charge is 2.06. The molecule has 16 heavy (non-hydrogen) atoms. The Hall–Kier alpha value is -0.510. The molecule has 0 spiro atoms. The van der Waals surface area contributed by atoms with E-state index in [-0.39, 0.29) is 17.0 Å². The number of nitriles is 1. The summed E-state index contributed by atoms with van der Waals surface area (Å²) in [6.45, 7) is 2.00. The summed E-state index contributed by atoms with van der Waals surface area (Å²) in [7, 11) is 0. The van der Waals surface area contributed by atoms with Gasteiger partial charge >= 0.3 is 0 Å². The van der Waals surface area contributed by atoms with Crippen LogP contribution in [-0.4, -0.2) is 16.4 Å². The number of thioether (sulfide) groups is 2. The number of hydrogen-bond donors (Lipinski definition) is 0. The van der Waals surface area contributed by atoms with Crippen LogP contribution in [0.4, 0.5) is 0 Å². The third-order valence-corrected chi connectivity index (χ3v) is 3.55. The smallest absolute Gasteiger partial charge is 0.211 e. The normalized spacial score (nSPS) is 10.4. The number of halogens is 1. The van der Waals surface area contributed by atoms with Gasteiger partial charge in [0.05, 0.1) is 11.8 Å². The van der Waals surface area contributed by atoms with Gasteiger partial charge in [-0.05, 0) is 12.3 Å². The highest BCUT2D eigenvalue weighted by molar-refractivity contribution is 8.38. The molecule has 0 amide bonds. The number of rotatable bonds is 2. The zero-order valence-electron chi connectivity index (χ0n) is 9.05. The first-order valence-corrected chi connectivity index (χ1v) is 6.59. The van der Waals surface area contributed by atoms with E-state index in [1.165, 1.54) is 11.8 Å². The summed E-state index contributed by atoms with van der Waals surface area (Å²) in [6.07, 6.45) is 3.86. The molecule has 0 saturated heterocycles. The molecule has 0 radical (unpaired) electrons. The van der Waals surface area contributed by atoms with Crippen LogP contribution in [0.1, 0.15) is 5.69 Å². The topological polar surface area (TPSA) is 40.0 Å². The Morgan fingerprint density at radius 3 is 2.88 bits per heavy atom. The largest absolute Gasteiger partial charge is 1.00 e. The molecule has 0 aromatic carbocycles. The maximum atomic E-state index is 8.49. The van der Waals surface area contributed by atoms with E-state index in [0.717, 1.165) is 10.1 Å². The van der Waals surface area contributed by atoms with Crippen molar-refractivity contribution in [1.82, 2.24) is 0 Å². The lowest BCUT2D eigenvalue weighted by Crippen LogP contribution is -3.00. The molecule has 0 fully saturated rings. The molecule has 6 heteroatoms. The average molecular weight is 318 g/mol. The van der Waals surface area contributed by atoms with Crippen molar-refractivity contribution in [3.05, 3.63) is 30.1 Å². The Labute approximate surface area is 115 Å². The lowest BCUT2D eigenvalue weighted by Gasteiger charge is -1.95. The standard InChI is InChI=1S/C10H12N3S2.BrH/c1-9-5-3-4-7-13(9)12-10(14-2)15-8-6-11;/h3-5,7H,8H2,1-2H3;1H/q+1;/p-1/b12-10+;. The minimum absolute atomic E-state index is 0. The van der Waals surface area contributed by atoms with Crippen molar-refractivity contribution in [3.63, 3.8) is 0 Å². The van der Waals surface area contributed by atoms with Gasteiger partial charge in [-0.3, -0.25) is 0 Å². The molecule has 0 aliphatic carbocycles. The summed E-state index contributed by atoms with van der Waals surface area (Å²) in [4.78, 5) is 0. The van der Waals surface area contributed by atoms with Gasteiger partial charge in [0.25, 0.3) is 0 Å². The minimum Gasteiger partial charge on any atom is -1.00 e. The van der Waals surface area contributed by atoms with Crippen molar-refractivity contribution in [2.45, 2.75) is 6.92 Å². The Morgan fingerprint density at radius 1 is 1.56 bits per heavy atom. The van der Waals surface area contributed by atoms with Crippen LogP contribution in [0.3, 0.4) is 0 Å². The van der Waals surface area contributed by atoms with Crippen LogP contribution in [0.15, 0.2) is 29.5 Å². The predicted molar refractivity (Wildman–Crippen MR) is 65.8 cm³/mol. The fourth-order valence-corrected chi connectivity index (χ4v) is 2.09. The number of aromatic nitrogens is 1. The second-order valence-corrected chi connectivity index (χ2v) is 4.72. The molecule has 0 N–H and O–H groups in total. The molecule has 0 aliphatic rings. The van der Waals surface area contributed by atoms with E-state index in [9.17, 15) is 0 Å². The van der Waals surface area contributed by atoms with Crippen LogP contribution >= 0.6 is 23.5 Å². The first-order valence-electron chi connectivity index (χ1n) is 4.38. The van der Waals surface area contributed by atoms with Crippen molar-refractivity contribution in [2.75, 3.05) is 12.0 Å². The summed E-state index contributed by atoms with van der Waals surface area (Å²) in [5.41, 5.74) is 1.07. The van der Waals surface area contributed by atoms with Gasteiger partial charge in [0, 0.05) is 24.2 Å². The first kappa shape index (κ1) is 15.5. The fourth-order valence-electron chi connectivity index (χ4n) is 0.943. The zero-order chi connectivity index (χ0) is 11.1. The van der Waals surface area contributed by atoms with Gasteiger partial charge in [0.2, 0.25) is 11.9 Å². The van der Waals surface area contributed by atoms with E-state index in [4.69, 9.17) is 5.26 Å². The molecule has 1 rings (SSSR count). The van der Waals surface area contributed by atoms with Gasteiger partial charge in [-0.1, -0.05) is 28.2 Å². The molecule has 0 saturated carbocycles. The van der Waals surface area contributed by atoms with Crippen molar-refractivity contribution < 1.29 is 21.7 Å². The molecule has 1 aromatic heterocycles. The van der Waals surface area contributed by atoms with Crippen molar-refractivity contribution in [2.24, 2.45) is 5.10 Å². The molecule has 0 aliphatic heterocycles.